The highest BCUT2D eigenvalue weighted by Crippen LogP contribution is 2.28. The van der Waals surface area contributed by atoms with Crippen LogP contribution in [0.2, 0.25) is 0 Å². The van der Waals surface area contributed by atoms with Crippen molar-refractivity contribution in [1.29, 1.82) is 5.26 Å². The topological polar surface area (TPSA) is 122 Å². The van der Waals surface area contributed by atoms with Crippen LogP contribution < -0.4 is 10.6 Å². The van der Waals surface area contributed by atoms with Crippen LogP contribution in [0, 0.1) is 34.3 Å². The first-order valence-corrected chi connectivity index (χ1v) is 5.26. The molecule has 1 atom stereocenters. The van der Waals surface area contributed by atoms with Crippen molar-refractivity contribution in [2.45, 2.75) is 13.8 Å². The highest BCUT2D eigenvalue weighted by molar-refractivity contribution is 5.61. The molecule has 2 N–H and O–H groups in total. The van der Waals surface area contributed by atoms with Gasteiger partial charge in [0.05, 0.1) is 16.9 Å². The molecular weight excluding hydrogens is 236 g/mol. The molecular formula is C10H14N6O2. The second kappa shape index (κ2) is 5.27. The molecule has 1 aromatic heterocycles. The fourth-order valence-electron chi connectivity index (χ4n) is 1.59. The summed E-state index contributed by atoms with van der Waals surface area (Å²) in [5.74, 6) is -0.164. The zero-order valence-electron chi connectivity index (χ0n) is 10.4. The van der Waals surface area contributed by atoms with Crippen LogP contribution in [0.5, 0.6) is 0 Å². The molecule has 1 rings (SSSR count). The molecule has 0 saturated heterocycles. The first kappa shape index (κ1) is 13.6. The van der Waals surface area contributed by atoms with Crippen molar-refractivity contribution >= 4 is 17.5 Å². The molecule has 0 fully saturated rings. The SMILES string of the molecule is Cc1nc(N)nc(N(C)CC(C)C#N)c1[N+](=O)[O-]. The number of hydrogen-bond acceptors (Lipinski definition) is 7. The smallest absolute Gasteiger partial charge is 0.332 e. The Labute approximate surface area is 104 Å². The maximum atomic E-state index is 11.0. The standard InChI is InChI=1S/C10H14N6O2/c1-6(4-11)5-15(3)9-8(16(17)18)7(2)13-10(12)14-9/h6H,5H2,1-3H3,(H2,12,13,14). The zero-order chi connectivity index (χ0) is 13.9. The van der Waals surface area contributed by atoms with Gasteiger partial charge in [0.2, 0.25) is 11.8 Å². The van der Waals surface area contributed by atoms with Gasteiger partial charge in [-0.1, -0.05) is 0 Å². The van der Waals surface area contributed by atoms with Crippen molar-refractivity contribution in [3.8, 4) is 6.07 Å². The van der Waals surface area contributed by atoms with E-state index >= 15 is 0 Å². The predicted molar refractivity (Wildman–Crippen MR) is 65.9 cm³/mol. The summed E-state index contributed by atoms with van der Waals surface area (Å²) in [5.41, 5.74) is 5.52. The van der Waals surface area contributed by atoms with Crippen LogP contribution in [0.25, 0.3) is 0 Å². The third-order valence-electron chi connectivity index (χ3n) is 2.37. The van der Waals surface area contributed by atoms with Crippen molar-refractivity contribution in [3.63, 3.8) is 0 Å². The Bertz CT molecular complexity index is 510. The van der Waals surface area contributed by atoms with Crippen LogP contribution in [0.4, 0.5) is 17.5 Å². The van der Waals surface area contributed by atoms with E-state index in [1.54, 1.807) is 14.0 Å². The number of hydrogen-bond donors (Lipinski definition) is 1. The van der Waals surface area contributed by atoms with Gasteiger partial charge >= 0.3 is 5.69 Å². The van der Waals surface area contributed by atoms with E-state index in [0.717, 1.165) is 0 Å². The number of nitrogen functional groups attached to an aromatic ring is 1. The van der Waals surface area contributed by atoms with E-state index in [-0.39, 0.29) is 29.1 Å². The van der Waals surface area contributed by atoms with Gasteiger partial charge in [-0.05, 0) is 13.8 Å². The van der Waals surface area contributed by atoms with Crippen molar-refractivity contribution in [1.82, 2.24) is 9.97 Å². The molecule has 1 aromatic rings. The third kappa shape index (κ3) is 2.82. The summed E-state index contributed by atoms with van der Waals surface area (Å²) in [6, 6.07) is 2.06. The molecule has 96 valence electrons. The van der Waals surface area contributed by atoms with E-state index in [1.807, 2.05) is 0 Å². The second-order valence-corrected chi connectivity index (χ2v) is 4.01. The van der Waals surface area contributed by atoms with Gasteiger partial charge in [0.25, 0.3) is 0 Å². The average Bonchev–Trinajstić information content (AvgIpc) is 2.26. The summed E-state index contributed by atoms with van der Waals surface area (Å²) in [7, 11) is 1.63. The number of anilines is 2. The molecule has 0 aliphatic heterocycles. The summed E-state index contributed by atoms with van der Waals surface area (Å²) in [6.45, 7) is 3.55. The monoisotopic (exact) mass is 250 g/mol. The Morgan fingerprint density at radius 1 is 1.61 bits per heavy atom. The van der Waals surface area contributed by atoms with Gasteiger partial charge in [-0.15, -0.1) is 0 Å². The van der Waals surface area contributed by atoms with Crippen molar-refractivity contribution in [3.05, 3.63) is 15.8 Å². The van der Waals surface area contributed by atoms with Gasteiger partial charge in [-0.2, -0.15) is 10.2 Å². The van der Waals surface area contributed by atoms with Gasteiger partial charge in [-0.3, -0.25) is 10.1 Å². The molecule has 0 spiro atoms. The number of nitriles is 1. The molecule has 8 heteroatoms. The van der Waals surface area contributed by atoms with E-state index in [1.165, 1.54) is 11.8 Å². The van der Waals surface area contributed by atoms with Gasteiger partial charge in [0.1, 0.15) is 5.69 Å². The lowest BCUT2D eigenvalue weighted by Crippen LogP contribution is -2.26. The molecule has 0 aromatic carbocycles. The molecule has 0 aliphatic rings. The van der Waals surface area contributed by atoms with Crippen LogP contribution in [0.15, 0.2) is 0 Å². The Morgan fingerprint density at radius 2 is 2.22 bits per heavy atom. The van der Waals surface area contributed by atoms with E-state index in [0.29, 0.717) is 6.54 Å². The summed E-state index contributed by atoms with van der Waals surface area (Å²) >= 11 is 0. The first-order chi connectivity index (χ1) is 8.36. The van der Waals surface area contributed by atoms with Gasteiger partial charge in [-0.25, -0.2) is 4.98 Å². The Morgan fingerprint density at radius 3 is 2.72 bits per heavy atom. The van der Waals surface area contributed by atoms with E-state index in [2.05, 4.69) is 16.0 Å². The minimum Gasteiger partial charge on any atom is -0.368 e. The van der Waals surface area contributed by atoms with Crippen LogP contribution in [-0.4, -0.2) is 28.5 Å². The lowest BCUT2D eigenvalue weighted by atomic mass is 10.2. The van der Waals surface area contributed by atoms with Gasteiger partial charge < -0.3 is 10.6 Å². The molecule has 18 heavy (non-hydrogen) atoms. The summed E-state index contributed by atoms with van der Waals surface area (Å²) < 4.78 is 0. The molecule has 1 heterocycles. The van der Waals surface area contributed by atoms with Gasteiger partial charge in [0.15, 0.2) is 0 Å². The summed E-state index contributed by atoms with van der Waals surface area (Å²) in [6.07, 6.45) is 0. The Balaban J connectivity index is 3.22. The molecule has 1 unspecified atom stereocenters. The minimum atomic E-state index is -0.544. The lowest BCUT2D eigenvalue weighted by molar-refractivity contribution is -0.385. The Hall–Kier alpha value is -2.43. The largest absolute Gasteiger partial charge is 0.368 e. The normalized spacial score (nSPS) is 11.7. The number of nitrogens with zero attached hydrogens (tertiary/aromatic N) is 5. The fraction of sp³-hybridized carbons (Fsp3) is 0.500. The fourth-order valence-corrected chi connectivity index (χ4v) is 1.59. The highest BCUT2D eigenvalue weighted by atomic mass is 16.6. The second-order valence-electron chi connectivity index (χ2n) is 4.01. The predicted octanol–water partition coefficient (Wildman–Crippen LogP) is 0.871. The zero-order valence-corrected chi connectivity index (χ0v) is 10.4. The quantitative estimate of drug-likeness (QED) is 0.621. The number of nitro groups is 1. The third-order valence-corrected chi connectivity index (χ3v) is 2.37. The minimum absolute atomic E-state index is 0.0236. The number of aryl methyl sites for hydroxylation is 1. The average molecular weight is 250 g/mol. The first-order valence-electron chi connectivity index (χ1n) is 5.26. The lowest BCUT2D eigenvalue weighted by Gasteiger charge is -2.19. The highest BCUT2D eigenvalue weighted by Gasteiger charge is 2.24. The number of aromatic nitrogens is 2. The van der Waals surface area contributed by atoms with Crippen LogP contribution >= 0.6 is 0 Å². The van der Waals surface area contributed by atoms with Crippen molar-refractivity contribution in [2.24, 2.45) is 5.92 Å². The van der Waals surface area contributed by atoms with E-state index in [9.17, 15) is 10.1 Å². The summed E-state index contributed by atoms with van der Waals surface area (Å²) in [5, 5.41) is 19.8. The molecule has 0 bridgehead atoms. The van der Waals surface area contributed by atoms with E-state index in [4.69, 9.17) is 11.0 Å². The number of nitrogens with two attached hydrogens (primary N) is 1. The molecule has 0 saturated carbocycles. The maximum Gasteiger partial charge on any atom is 0.332 e. The van der Waals surface area contributed by atoms with Crippen LogP contribution in [0.3, 0.4) is 0 Å². The maximum absolute atomic E-state index is 11.0. The molecule has 0 radical (unpaired) electrons. The van der Waals surface area contributed by atoms with Gasteiger partial charge in [0, 0.05) is 13.6 Å². The Kier molecular flexibility index (Phi) is 3.99. The van der Waals surface area contributed by atoms with E-state index < -0.39 is 4.92 Å². The molecule has 8 nitrogen and oxygen atoms in total. The van der Waals surface area contributed by atoms with Crippen LogP contribution in [-0.2, 0) is 0 Å². The molecule has 0 amide bonds. The van der Waals surface area contributed by atoms with Crippen molar-refractivity contribution in [2.75, 3.05) is 24.2 Å². The molecule has 0 aliphatic carbocycles. The number of rotatable bonds is 4. The van der Waals surface area contributed by atoms with Crippen molar-refractivity contribution < 1.29 is 4.92 Å². The summed E-state index contributed by atoms with van der Waals surface area (Å²) in [4.78, 5) is 19.7. The van der Waals surface area contributed by atoms with Crippen LogP contribution in [0.1, 0.15) is 12.6 Å².